The van der Waals surface area contributed by atoms with Gasteiger partial charge >= 0.3 is 0 Å². The van der Waals surface area contributed by atoms with Gasteiger partial charge in [0.25, 0.3) is 11.7 Å². The van der Waals surface area contributed by atoms with Crippen LogP contribution in [0.5, 0.6) is 17.2 Å². The number of benzene rings is 3. The van der Waals surface area contributed by atoms with Crippen molar-refractivity contribution in [3.05, 3.63) is 86.9 Å². The maximum absolute atomic E-state index is 14.1. The number of hydrogen-bond donors (Lipinski definition) is 2. The lowest BCUT2D eigenvalue weighted by Crippen LogP contribution is -2.29. The van der Waals surface area contributed by atoms with Gasteiger partial charge in [0.15, 0.2) is 23.1 Å². The number of ketones is 1. The van der Waals surface area contributed by atoms with Crippen molar-refractivity contribution in [2.24, 2.45) is 0 Å². The lowest BCUT2D eigenvalue weighted by molar-refractivity contribution is -0.132. The molecule has 1 aliphatic rings. The van der Waals surface area contributed by atoms with E-state index in [1.807, 2.05) is 0 Å². The van der Waals surface area contributed by atoms with Crippen LogP contribution >= 0.6 is 23.2 Å². The quantitative estimate of drug-likeness (QED) is 0.250. The molecule has 1 heterocycles. The van der Waals surface area contributed by atoms with Crippen LogP contribution in [-0.4, -0.2) is 36.1 Å². The van der Waals surface area contributed by atoms with E-state index in [2.05, 4.69) is 0 Å². The number of rotatable bonds is 5. The topological polar surface area (TPSA) is 96.3 Å². The molecule has 0 spiro atoms. The third kappa shape index (κ3) is 4.10. The summed E-state index contributed by atoms with van der Waals surface area (Å²) in [6.45, 7) is 0. The summed E-state index contributed by atoms with van der Waals surface area (Å²) in [6, 6.07) is 8.13. The summed E-state index contributed by atoms with van der Waals surface area (Å²) >= 11 is 12.6. The van der Waals surface area contributed by atoms with Crippen LogP contribution < -0.4 is 14.4 Å². The summed E-state index contributed by atoms with van der Waals surface area (Å²) in [5.74, 6) is -5.60. The number of anilines is 1. The first kappa shape index (κ1) is 25.3. The minimum Gasteiger partial charge on any atom is -0.508 e. The molecule has 7 nitrogen and oxygen atoms in total. The van der Waals surface area contributed by atoms with Crippen molar-refractivity contribution in [1.82, 2.24) is 0 Å². The van der Waals surface area contributed by atoms with Crippen LogP contribution in [0.2, 0.25) is 10.0 Å². The number of aliphatic hydroxyl groups is 1. The summed E-state index contributed by atoms with van der Waals surface area (Å²) < 4.78 is 38.1. The highest BCUT2D eigenvalue weighted by Gasteiger charge is 2.47. The largest absolute Gasteiger partial charge is 0.508 e. The van der Waals surface area contributed by atoms with E-state index >= 15 is 0 Å². The summed E-state index contributed by atoms with van der Waals surface area (Å²) in [5.41, 5.74) is -0.501. The van der Waals surface area contributed by atoms with E-state index in [1.54, 1.807) is 0 Å². The zero-order valence-electron chi connectivity index (χ0n) is 18.7. The second-order valence-corrected chi connectivity index (χ2v) is 8.43. The van der Waals surface area contributed by atoms with E-state index in [-0.39, 0.29) is 44.1 Å². The van der Waals surface area contributed by atoms with E-state index in [4.69, 9.17) is 32.7 Å². The first-order valence-corrected chi connectivity index (χ1v) is 11.0. The number of aromatic hydroxyl groups is 1. The standard InChI is InChI=1S/C25H17Cl2F2NO6/c1-35-23-14(10-15(26)24(36-2)19(23)27)21(32)18-20(11-4-3-5-13(31)8-11)30(25(34)22(18)33)12-6-7-16(28)17(29)9-12/h3-10,20,31-32H,1-2H3/b21-18+. The molecule has 1 aliphatic heterocycles. The molecule has 0 bridgehead atoms. The summed E-state index contributed by atoms with van der Waals surface area (Å²) in [5, 5.41) is 21.3. The number of aliphatic hydroxyl groups excluding tert-OH is 1. The number of methoxy groups -OCH3 is 2. The molecule has 1 unspecified atom stereocenters. The third-order valence-corrected chi connectivity index (χ3v) is 6.23. The molecule has 0 aliphatic carbocycles. The number of halogens is 4. The monoisotopic (exact) mass is 535 g/mol. The summed E-state index contributed by atoms with van der Waals surface area (Å²) in [7, 11) is 2.58. The third-order valence-electron chi connectivity index (χ3n) is 5.61. The molecule has 4 rings (SSSR count). The highest BCUT2D eigenvalue weighted by atomic mass is 35.5. The van der Waals surface area contributed by atoms with Crippen LogP contribution in [0.25, 0.3) is 5.76 Å². The Morgan fingerprint density at radius 2 is 1.67 bits per heavy atom. The Kier molecular flexibility index (Phi) is 6.79. The van der Waals surface area contributed by atoms with Crippen LogP contribution in [0.1, 0.15) is 17.2 Å². The maximum atomic E-state index is 14.1. The Labute approximate surface area is 213 Å². The van der Waals surface area contributed by atoms with Crippen molar-refractivity contribution < 1.29 is 38.1 Å². The van der Waals surface area contributed by atoms with Gasteiger partial charge in [0.2, 0.25) is 0 Å². The lowest BCUT2D eigenvalue weighted by atomic mass is 9.94. The molecule has 2 N–H and O–H groups in total. The molecular formula is C25H17Cl2F2NO6. The van der Waals surface area contributed by atoms with Crippen molar-refractivity contribution in [3.63, 3.8) is 0 Å². The van der Waals surface area contributed by atoms with Gasteiger partial charge in [0.05, 0.1) is 36.4 Å². The van der Waals surface area contributed by atoms with Crippen LogP contribution in [0.3, 0.4) is 0 Å². The second-order valence-electron chi connectivity index (χ2n) is 7.65. The van der Waals surface area contributed by atoms with Crippen molar-refractivity contribution in [3.8, 4) is 17.2 Å². The smallest absolute Gasteiger partial charge is 0.300 e. The van der Waals surface area contributed by atoms with E-state index in [0.717, 1.165) is 23.1 Å². The molecule has 3 aromatic carbocycles. The van der Waals surface area contributed by atoms with Crippen LogP contribution in [0.4, 0.5) is 14.5 Å². The van der Waals surface area contributed by atoms with Gasteiger partial charge in [-0.25, -0.2) is 8.78 Å². The number of carbonyl (C=O) groups excluding carboxylic acids is 2. The number of Topliss-reactive ketones (excluding diaryl/α,β-unsaturated/α-hetero) is 1. The molecule has 1 saturated heterocycles. The Balaban J connectivity index is 2.03. The second kappa shape index (κ2) is 9.67. The fourth-order valence-electron chi connectivity index (χ4n) is 4.04. The SMILES string of the molecule is COc1c(Cl)cc(/C(O)=C2\C(=O)C(=O)N(c3ccc(F)c(F)c3)C2c2cccc(O)c2)c(OC)c1Cl. The predicted octanol–water partition coefficient (Wildman–Crippen LogP) is 5.62. The summed E-state index contributed by atoms with van der Waals surface area (Å²) in [6.07, 6.45) is 0. The Hall–Kier alpha value is -3.82. The fourth-order valence-corrected chi connectivity index (χ4v) is 4.72. The number of carbonyl (C=O) groups is 2. The molecule has 11 heteroatoms. The summed E-state index contributed by atoms with van der Waals surface area (Å²) in [4.78, 5) is 27.3. The van der Waals surface area contributed by atoms with Gasteiger partial charge < -0.3 is 19.7 Å². The van der Waals surface area contributed by atoms with Crippen molar-refractivity contribution in [1.29, 1.82) is 0 Å². The van der Waals surface area contributed by atoms with E-state index < -0.39 is 40.7 Å². The lowest BCUT2D eigenvalue weighted by Gasteiger charge is -2.26. The molecule has 1 atom stereocenters. The molecule has 186 valence electrons. The van der Waals surface area contributed by atoms with Gasteiger partial charge in [-0.05, 0) is 35.9 Å². The molecule has 0 radical (unpaired) electrons. The highest BCUT2D eigenvalue weighted by Crippen LogP contribution is 2.48. The van der Waals surface area contributed by atoms with Crippen LogP contribution in [0, 0.1) is 11.6 Å². The molecule has 0 aromatic heterocycles. The van der Waals surface area contributed by atoms with Gasteiger partial charge in [0, 0.05) is 11.8 Å². The minimum atomic E-state index is -1.34. The fraction of sp³-hybridized carbons (Fsp3) is 0.120. The van der Waals surface area contributed by atoms with E-state index in [0.29, 0.717) is 0 Å². The number of hydrogen-bond acceptors (Lipinski definition) is 6. The first-order valence-electron chi connectivity index (χ1n) is 10.3. The number of phenols is 1. The predicted molar refractivity (Wildman–Crippen MR) is 129 cm³/mol. The Bertz CT molecular complexity index is 1440. The molecule has 0 saturated carbocycles. The first-order chi connectivity index (χ1) is 17.1. The average Bonchev–Trinajstić information content (AvgIpc) is 3.11. The van der Waals surface area contributed by atoms with Gasteiger partial charge in [-0.15, -0.1) is 0 Å². The molecule has 1 fully saturated rings. The van der Waals surface area contributed by atoms with Gasteiger partial charge in [-0.2, -0.15) is 0 Å². The zero-order valence-corrected chi connectivity index (χ0v) is 20.2. The van der Waals surface area contributed by atoms with Gasteiger partial charge in [0.1, 0.15) is 16.5 Å². The van der Waals surface area contributed by atoms with Crippen LogP contribution in [-0.2, 0) is 9.59 Å². The molecule has 3 aromatic rings. The normalized spacial score (nSPS) is 16.9. The van der Waals surface area contributed by atoms with E-state index in [1.165, 1.54) is 44.6 Å². The Morgan fingerprint density at radius 3 is 2.28 bits per heavy atom. The number of nitrogens with zero attached hydrogens (tertiary/aromatic N) is 1. The van der Waals surface area contributed by atoms with Crippen LogP contribution in [0.15, 0.2) is 54.1 Å². The highest BCUT2D eigenvalue weighted by molar-refractivity contribution is 6.52. The van der Waals surface area contributed by atoms with Gasteiger partial charge in [-0.1, -0.05) is 35.3 Å². The number of amides is 1. The molecule has 36 heavy (non-hydrogen) atoms. The maximum Gasteiger partial charge on any atom is 0.300 e. The molecular weight excluding hydrogens is 519 g/mol. The van der Waals surface area contributed by atoms with Crippen molar-refractivity contribution in [2.75, 3.05) is 19.1 Å². The minimum absolute atomic E-state index is 0.0198. The Morgan fingerprint density at radius 1 is 0.972 bits per heavy atom. The average molecular weight is 536 g/mol. The number of phenolic OH excluding ortho intramolecular Hbond substituents is 1. The van der Waals surface area contributed by atoms with Gasteiger partial charge in [-0.3, -0.25) is 14.5 Å². The zero-order chi connectivity index (χ0) is 26.3. The van der Waals surface area contributed by atoms with Crippen molar-refractivity contribution in [2.45, 2.75) is 6.04 Å². The molecule has 1 amide bonds. The number of ether oxygens (including phenoxy) is 2. The van der Waals surface area contributed by atoms with Crippen molar-refractivity contribution >= 4 is 46.3 Å². The van der Waals surface area contributed by atoms with E-state index in [9.17, 15) is 28.6 Å².